The van der Waals surface area contributed by atoms with Gasteiger partial charge in [0.2, 0.25) is 0 Å². The van der Waals surface area contributed by atoms with Crippen molar-refractivity contribution in [2.75, 3.05) is 13.1 Å². The van der Waals surface area contributed by atoms with Crippen molar-refractivity contribution in [3.8, 4) is 0 Å². The van der Waals surface area contributed by atoms with Gasteiger partial charge in [0, 0.05) is 25.7 Å². The van der Waals surface area contributed by atoms with E-state index in [0.29, 0.717) is 19.5 Å². The molecule has 1 fully saturated rings. The highest BCUT2D eigenvalue weighted by Crippen LogP contribution is 2.21. The van der Waals surface area contributed by atoms with Gasteiger partial charge in [0.15, 0.2) is 0 Å². The molecule has 0 saturated carbocycles. The van der Waals surface area contributed by atoms with Crippen LogP contribution in [-0.2, 0) is 6.54 Å². The second-order valence-electron chi connectivity index (χ2n) is 4.14. The van der Waals surface area contributed by atoms with E-state index in [1.807, 2.05) is 18.2 Å². The van der Waals surface area contributed by atoms with Gasteiger partial charge in [-0.3, -0.25) is 4.90 Å². The van der Waals surface area contributed by atoms with Gasteiger partial charge in [-0.15, -0.1) is 12.4 Å². The number of halogens is 2. The van der Waals surface area contributed by atoms with Gasteiger partial charge in [-0.1, -0.05) is 30.3 Å². The van der Waals surface area contributed by atoms with Crippen molar-refractivity contribution in [3.05, 3.63) is 35.9 Å². The molecule has 0 aromatic heterocycles. The number of likely N-dealkylation sites (tertiary alicyclic amines) is 1. The van der Waals surface area contributed by atoms with E-state index in [0.717, 1.165) is 6.54 Å². The predicted octanol–water partition coefficient (Wildman–Crippen LogP) is 1.98. The van der Waals surface area contributed by atoms with Crippen LogP contribution in [0.2, 0.25) is 0 Å². The first-order chi connectivity index (χ1) is 7.29. The van der Waals surface area contributed by atoms with Crippen molar-refractivity contribution in [1.29, 1.82) is 0 Å². The first kappa shape index (κ1) is 13.4. The number of hydrogen-bond acceptors (Lipinski definition) is 2. The third-order valence-electron chi connectivity index (χ3n) is 2.98. The fourth-order valence-electron chi connectivity index (χ4n) is 2.18. The molecular weight excluding hydrogens is 227 g/mol. The van der Waals surface area contributed by atoms with Crippen molar-refractivity contribution < 1.29 is 4.39 Å². The molecule has 1 saturated heterocycles. The molecule has 2 nitrogen and oxygen atoms in total. The highest BCUT2D eigenvalue weighted by Gasteiger charge is 2.30. The van der Waals surface area contributed by atoms with Gasteiger partial charge >= 0.3 is 0 Å². The first-order valence-corrected chi connectivity index (χ1v) is 5.41. The number of nitrogens with two attached hydrogens (primary N) is 1. The summed E-state index contributed by atoms with van der Waals surface area (Å²) in [6.07, 6.45) is -0.120. The molecule has 1 aliphatic heterocycles. The highest BCUT2D eigenvalue weighted by atomic mass is 35.5. The number of rotatable bonds is 3. The lowest BCUT2D eigenvalue weighted by Gasteiger charge is -2.22. The Kier molecular flexibility index (Phi) is 5.19. The molecule has 0 unspecified atom stereocenters. The van der Waals surface area contributed by atoms with Crippen LogP contribution >= 0.6 is 12.4 Å². The summed E-state index contributed by atoms with van der Waals surface area (Å²) < 4.78 is 13.2. The van der Waals surface area contributed by atoms with E-state index in [2.05, 4.69) is 17.0 Å². The van der Waals surface area contributed by atoms with Crippen LogP contribution in [0.15, 0.2) is 30.3 Å². The van der Waals surface area contributed by atoms with E-state index < -0.39 is 6.17 Å². The summed E-state index contributed by atoms with van der Waals surface area (Å²) in [5, 5.41) is 0. The van der Waals surface area contributed by atoms with Crippen molar-refractivity contribution in [1.82, 2.24) is 4.90 Å². The van der Waals surface area contributed by atoms with Crippen LogP contribution in [0.5, 0.6) is 0 Å². The molecule has 0 bridgehead atoms. The van der Waals surface area contributed by atoms with Crippen LogP contribution in [0.25, 0.3) is 0 Å². The minimum Gasteiger partial charge on any atom is -0.329 e. The van der Waals surface area contributed by atoms with Crippen molar-refractivity contribution in [2.24, 2.45) is 5.73 Å². The lowest BCUT2D eigenvalue weighted by molar-refractivity contribution is 0.238. The fraction of sp³-hybridized carbons (Fsp3) is 0.500. The van der Waals surface area contributed by atoms with Gasteiger partial charge in [-0.25, -0.2) is 4.39 Å². The molecule has 0 spiro atoms. The Hall–Kier alpha value is -0.640. The van der Waals surface area contributed by atoms with E-state index in [9.17, 15) is 4.39 Å². The van der Waals surface area contributed by atoms with Gasteiger partial charge in [0.1, 0.15) is 6.17 Å². The standard InChI is InChI=1S/C12H17FN2.ClH/c13-11-6-12(7-14)15(9-11)8-10-4-2-1-3-5-10;/h1-5,11-12H,6-9,14H2;1H/t11-,12-;/m0./s1. The van der Waals surface area contributed by atoms with E-state index in [1.54, 1.807) is 0 Å². The number of benzene rings is 1. The Bertz CT molecular complexity index is 307. The topological polar surface area (TPSA) is 29.3 Å². The van der Waals surface area contributed by atoms with Gasteiger partial charge in [-0.2, -0.15) is 0 Å². The number of hydrogen-bond donors (Lipinski definition) is 1. The zero-order valence-electron chi connectivity index (χ0n) is 9.18. The Morgan fingerprint density at radius 1 is 1.31 bits per heavy atom. The molecule has 16 heavy (non-hydrogen) atoms. The van der Waals surface area contributed by atoms with Crippen LogP contribution in [0, 0.1) is 0 Å². The Balaban J connectivity index is 0.00000128. The lowest BCUT2D eigenvalue weighted by atomic mass is 10.2. The average molecular weight is 245 g/mol. The van der Waals surface area contributed by atoms with Gasteiger partial charge < -0.3 is 5.73 Å². The molecule has 1 aromatic rings. The van der Waals surface area contributed by atoms with Crippen molar-refractivity contribution in [2.45, 2.75) is 25.2 Å². The summed E-state index contributed by atoms with van der Waals surface area (Å²) in [7, 11) is 0. The summed E-state index contributed by atoms with van der Waals surface area (Å²) in [6, 6.07) is 10.4. The molecule has 2 N–H and O–H groups in total. The molecule has 2 atom stereocenters. The molecule has 0 amide bonds. The van der Waals surface area contributed by atoms with Crippen molar-refractivity contribution in [3.63, 3.8) is 0 Å². The normalized spacial score (nSPS) is 25.4. The Labute approximate surface area is 102 Å². The maximum atomic E-state index is 13.2. The van der Waals surface area contributed by atoms with E-state index >= 15 is 0 Å². The molecule has 0 aliphatic carbocycles. The second-order valence-corrected chi connectivity index (χ2v) is 4.14. The van der Waals surface area contributed by atoms with Gasteiger partial charge in [0.05, 0.1) is 0 Å². The van der Waals surface area contributed by atoms with Crippen LogP contribution < -0.4 is 5.73 Å². The molecular formula is C12H18ClFN2. The van der Waals surface area contributed by atoms with E-state index in [4.69, 9.17) is 5.73 Å². The number of nitrogens with zero attached hydrogens (tertiary/aromatic N) is 1. The monoisotopic (exact) mass is 244 g/mol. The predicted molar refractivity (Wildman–Crippen MR) is 66.5 cm³/mol. The maximum absolute atomic E-state index is 13.2. The van der Waals surface area contributed by atoms with E-state index in [-0.39, 0.29) is 18.4 Å². The summed E-state index contributed by atoms with van der Waals surface area (Å²) >= 11 is 0. The Morgan fingerprint density at radius 2 is 2.00 bits per heavy atom. The Morgan fingerprint density at radius 3 is 2.62 bits per heavy atom. The van der Waals surface area contributed by atoms with Crippen LogP contribution in [-0.4, -0.2) is 30.2 Å². The SMILES string of the molecule is Cl.NC[C@@H]1C[C@H](F)CN1Cc1ccccc1. The van der Waals surface area contributed by atoms with Gasteiger partial charge in [-0.05, 0) is 12.0 Å². The lowest BCUT2D eigenvalue weighted by Crippen LogP contribution is -2.34. The number of alkyl halides is 1. The first-order valence-electron chi connectivity index (χ1n) is 5.41. The smallest absolute Gasteiger partial charge is 0.114 e. The minimum absolute atomic E-state index is 0. The van der Waals surface area contributed by atoms with Crippen LogP contribution in [0.3, 0.4) is 0 Å². The van der Waals surface area contributed by atoms with Gasteiger partial charge in [0.25, 0.3) is 0 Å². The summed E-state index contributed by atoms with van der Waals surface area (Å²) in [5.74, 6) is 0. The zero-order valence-corrected chi connectivity index (χ0v) is 10.00. The average Bonchev–Trinajstić information content (AvgIpc) is 2.60. The second kappa shape index (κ2) is 6.18. The molecule has 2 rings (SSSR count). The molecule has 1 heterocycles. The summed E-state index contributed by atoms with van der Waals surface area (Å²) in [4.78, 5) is 2.14. The quantitative estimate of drug-likeness (QED) is 0.881. The third kappa shape index (κ3) is 3.17. The summed E-state index contributed by atoms with van der Waals surface area (Å²) in [5.41, 5.74) is 6.86. The zero-order chi connectivity index (χ0) is 10.7. The minimum atomic E-state index is -0.706. The van der Waals surface area contributed by atoms with Crippen molar-refractivity contribution >= 4 is 12.4 Å². The largest absolute Gasteiger partial charge is 0.329 e. The molecule has 0 radical (unpaired) electrons. The fourth-order valence-corrected chi connectivity index (χ4v) is 2.18. The third-order valence-corrected chi connectivity index (χ3v) is 2.98. The summed E-state index contributed by atoms with van der Waals surface area (Å²) in [6.45, 7) is 1.88. The highest BCUT2D eigenvalue weighted by molar-refractivity contribution is 5.85. The molecule has 90 valence electrons. The van der Waals surface area contributed by atoms with Crippen LogP contribution in [0.4, 0.5) is 4.39 Å². The molecule has 1 aromatic carbocycles. The van der Waals surface area contributed by atoms with E-state index in [1.165, 1.54) is 5.56 Å². The van der Waals surface area contributed by atoms with Crippen LogP contribution in [0.1, 0.15) is 12.0 Å². The maximum Gasteiger partial charge on any atom is 0.114 e. The molecule has 1 aliphatic rings. The molecule has 4 heteroatoms.